The number of thioether (sulfide) groups is 1. The van der Waals surface area contributed by atoms with Crippen molar-refractivity contribution < 1.29 is 18.0 Å². The minimum Gasteiger partial charge on any atom is -0.383 e. The van der Waals surface area contributed by atoms with Crippen LogP contribution in [-0.2, 0) is 11.0 Å². The molecule has 0 fully saturated rings. The molecule has 0 aliphatic rings. The SMILES string of the molecule is CC(C)c1ccc(-c2c(C#N)c(N)nc(SCC(=O)Nc3ccccc3C(F)(F)F)c2C#N)cc1. The number of benzene rings is 2. The molecule has 0 saturated carbocycles. The zero-order valence-corrected chi connectivity index (χ0v) is 19.6. The second kappa shape index (κ2) is 10.5. The van der Waals surface area contributed by atoms with Crippen molar-refractivity contribution in [2.24, 2.45) is 0 Å². The third-order valence-electron chi connectivity index (χ3n) is 5.13. The molecule has 0 bridgehead atoms. The van der Waals surface area contributed by atoms with E-state index in [2.05, 4.69) is 10.3 Å². The predicted octanol–water partition coefficient (Wildman–Crippen LogP) is 5.95. The van der Waals surface area contributed by atoms with Crippen molar-refractivity contribution in [2.45, 2.75) is 31.0 Å². The minimum atomic E-state index is -4.63. The first kappa shape index (κ1) is 25.6. The van der Waals surface area contributed by atoms with E-state index in [1.54, 1.807) is 12.1 Å². The first-order valence-electron chi connectivity index (χ1n) is 10.4. The van der Waals surface area contributed by atoms with Crippen LogP contribution < -0.4 is 11.1 Å². The summed E-state index contributed by atoms with van der Waals surface area (Å²) in [5, 5.41) is 21.9. The van der Waals surface area contributed by atoms with Crippen LogP contribution in [0.2, 0.25) is 0 Å². The lowest BCUT2D eigenvalue weighted by Gasteiger charge is -2.15. The molecule has 3 rings (SSSR count). The van der Waals surface area contributed by atoms with E-state index in [0.29, 0.717) is 11.1 Å². The summed E-state index contributed by atoms with van der Waals surface area (Å²) < 4.78 is 39.6. The maximum Gasteiger partial charge on any atom is 0.418 e. The molecule has 35 heavy (non-hydrogen) atoms. The maximum atomic E-state index is 13.2. The van der Waals surface area contributed by atoms with Gasteiger partial charge < -0.3 is 11.1 Å². The molecule has 1 heterocycles. The molecule has 0 spiro atoms. The monoisotopic (exact) mass is 495 g/mol. The zero-order chi connectivity index (χ0) is 25.8. The second-order valence-corrected chi connectivity index (χ2v) is 8.77. The van der Waals surface area contributed by atoms with Crippen LogP contribution in [0.1, 0.15) is 42.0 Å². The first-order chi connectivity index (χ1) is 16.6. The van der Waals surface area contributed by atoms with Gasteiger partial charge in [0.05, 0.1) is 22.6 Å². The van der Waals surface area contributed by atoms with Crippen LogP contribution in [0, 0.1) is 22.7 Å². The van der Waals surface area contributed by atoms with Crippen molar-refractivity contribution in [1.29, 1.82) is 10.5 Å². The quantitative estimate of drug-likeness (QED) is 0.409. The van der Waals surface area contributed by atoms with Gasteiger partial charge in [0.25, 0.3) is 0 Å². The van der Waals surface area contributed by atoms with Crippen molar-refractivity contribution in [3.05, 3.63) is 70.8 Å². The highest BCUT2D eigenvalue weighted by Crippen LogP contribution is 2.37. The number of para-hydroxylation sites is 1. The average molecular weight is 496 g/mol. The smallest absolute Gasteiger partial charge is 0.383 e. The highest BCUT2D eigenvalue weighted by molar-refractivity contribution is 8.00. The van der Waals surface area contributed by atoms with Crippen LogP contribution in [-0.4, -0.2) is 16.6 Å². The van der Waals surface area contributed by atoms with E-state index < -0.39 is 17.6 Å². The average Bonchev–Trinajstić information content (AvgIpc) is 2.82. The predicted molar refractivity (Wildman–Crippen MR) is 128 cm³/mol. The summed E-state index contributed by atoms with van der Waals surface area (Å²) in [5.41, 5.74) is 6.69. The Morgan fingerprint density at radius 3 is 2.29 bits per heavy atom. The van der Waals surface area contributed by atoms with Gasteiger partial charge >= 0.3 is 6.18 Å². The molecule has 3 aromatic rings. The van der Waals surface area contributed by atoms with Gasteiger partial charge in [0.2, 0.25) is 5.91 Å². The van der Waals surface area contributed by atoms with Crippen LogP contribution in [0.4, 0.5) is 24.7 Å². The molecule has 0 aliphatic heterocycles. The second-order valence-electron chi connectivity index (χ2n) is 7.81. The molecular weight excluding hydrogens is 475 g/mol. The number of nitrogen functional groups attached to an aromatic ring is 1. The molecule has 0 saturated heterocycles. The topological polar surface area (TPSA) is 116 Å². The number of alkyl halides is 3. The highest BCUT2D eigenvalue weighted by Gasteiger charge is 2.33. The Morgan fingerprint density at radius 2 is 1.71 bits per heavy atom. The lowest BCUT2D eigenvalue weighted by Crippen LogP contribution is -2.18. The van der Waals surface area contributed by atoms with E-state index in [1.165, 1.54) is 12.1 Å². The molecule has 2 aromatic carbocycles. The van der Waals surface area contributed by atoms with Gasteiger partial charge in [-0.05, 0) is 29.2 Å². The number of nitrogens with zero attached hydrogens (tertiary/aromatic N) is 3. The van der Waals surface area contributed by atoms with Crippen LogP contribution in [0.3, 0.4) is 0 Å². The van der Waals surface area contributed by atoms with Crippen molar-refractivity contribution in [1.82, 2.24) is 4.98 Å². The third kappa shape index (κ3) is 5.73. The zero-order valence-electron chi connectivity index (χ0n) is 18.8. The van der Waals surface area contributed by atoms with Crippen molar-refractivity contribution in [3.63, 3.8) is 0 Å². The van der Waals surface area contributed by atoms with Crippen molar-refractivity contribution in [2.75, 3.05) is 16.8 Å². The number of carbonyl (C=O) groups excluding carboxylic acids is 1. The lowest BCUT2D eigenvalue weighted by molar-refractivity contribution is -0.137. The molecule has 1 amide bonds. The van der Waals surface area contributed by atoms with Gasteiger partial charge in [0, 0.05) is 5.56 Å². The van der Waals surface area contributed by atoms with Crippen LogP contribution >= 0.6 is 11.8 Å². The van der Waals surface area contributed by atoms with E-state index >= 15 is 0 Å². The Balaban J connectivity index is 1.92. The van der Waals surface area contributed by atoms with Crippen molar-refractivity contribution >= 4 is 29.2 Å². The van der Waals surface area contributed by atoms with Gasteiger partial charge in [0.1, 0.15) is 28.5 Å². The van der Waals surface area contributed by atoms with Crippen LogP contribution in [0.15, 0.2) is 53.6 Å². The molecule has 0 radical (unpaired) electrons. The molecule has 3 N–H and O–H groups in total. The summed E-state index contributed by atoms with van der Waals surface area (Å²) in [6.45, 7) is 4.07. The van der Waals surface area contributed by atoms with E-state index in [-0.39, 0.29) is 39.3 Å². The molecule has 0 atom stereocenters. The lowest BCUT2D eigenvalue weighted by atomic mass is 9.94. The minimum absolute atomic E-state index is 0.0340. The summed E-state index contributed by atoms with van der Waals surface area (Å²) in [6, 6.07) is 16.0. The summed E-state index contributed by atoms with van der Waals surface area (Å²) in [4.78, 5) is 16.6. The van der Waals surface area contributed by atoms with Gasteiger partial charge in [-0.1, -0.05) is 62.0 Å². The molecule has 10 heteroatoms. The summed E-state index contributed by atoms with van der Waals surface area (Å²) in [5.74, 6) is -0.877. The van der Waals surface area contributed by atoms with Crippen LogP contribution in [0.25, 0.3) is 11.1 Å². The summed E-state index contributed by atoms with van der Waals surface area (Å²) in [6.07, 6.45) is -4.63. The van der Waals surface area contributed by atoms with Gasteiger partial charge in [-0.25, -0.2) is 4.98 Å². The normalized spacial score (nSPS) is 11.1. The first-order valence-corrected chi connectivity index (χ1v) is 11.4. The number of carbonyl (C=O) groups is 1. The van der Waals surface area contributed by atoms with Gasteiger partial charge in [-0.15, -0.1) is 0 Å². The largest absolute Gasteiger partial charge is 0.418 e. The molecule has 178 valence electrons. The molecule has 0 unspecified atom stereocenters. The number of amides is 1. The van der Waals surface area contributed by atoms with E-state index in [4.69, 9.17) is 5.73 Å². The number of hydrogen-bond donors (Lipinski definition) is 2. The number of halogens is 3. The molecule has 1 aromatic heterocycles. The van der Waals surface area contributed by atoms with Gasteiger partial charge in [0.15, 0.2) is 0 Å². The number of anilines is 2. The Bertz CT molecular complexity index is 1340. The summed E-state index contributed by atoms with van der Waals surface area (Å²) in [7, 11) is 0. The number of rotatable bonds is 6. The number of pyridine rings is 1. The number of nitrogens with two attached hydrogens (primary N) is 1. The number of nitrogens with one attached hydrogen (secondary N) is 1. The number of nitriles is 2. The Labute approximate surface area is 204 Å². The van der Waals surface area contributed by atoms with Crippen LogP contribution in [0.5, 0.6) is 0 Å². The third-order valence-corrected chi connectivity index (χ3v) is 6.10. The molecule has 6 nitrogen and oxygen atoms in total. The Hall–Kier alpha value is -4.02. The Kier molecular flexibility index (Phi) is 7.68. The Morgan fingerprint density at radius 1 is 1.09 bits per heavy atom. The number of aromatic nitrogens is 1. The number of hydrogen-bond acceptors (Lipinski definition) is 6. The highest BCUT2D eigenvalue weighted by atomic mass is 32.2. The fraction of sp³-hybridized carbons (Fsp3) is 0.200. The molecule has 0 aliphatic carbocycles. The van der Waals surface area contributed by atoms with E-state index in [1.807, 2.05) is 38.1 Å². The standard InChI is InChI=1S/C25H20F3N5OS/c1-14(2)15-7-9-16(10-8-15)22-17(11-29)23(31)33-24(18(22)12-30)35-13-21(34)32-20-6-4-3-5-19(20)25(26,27)28/h3-10,14H,13H2,1-2H3,(H2,31,33)(H,32,34). The van der Waals surface area contributed by atoms with E-state index in [9.17, 15) is 28.5 Å². The van der Waals surface area contributed by atoms with Crippen molar-refractivity contribution in [3.8, 4) is 23.3 Å². The fourth-order valence-electron chi connectivity index (χ4n) is 3.39. The summed E-state index contributed by atoms with van der Waals surface area (Å²) >= 11 is 0.846. The maximum absolute atomic E-state index is 13.2. The van der Waals surface area contributed by atoms with E-state index in [0.717, 1.165) is 29.5 Å². The van der Waals surface area contributed by atoms with Gasteiger partial charge in [-0.3, -0.25) is 4.79 Å². The molecular formula is C25H20F3N5OS. The fourth-order valence-corrected chi connectivity index (χ4v) is 4.18. The van der Waals surface area contributed by atoms with Gasteiger partial charge in [-0.2, -0.15) is 23.7 Å².